The van der Waals surface area contributed by atoms with E-state index in [1.807, 2.05) is 0 Å². The summed E-state index contributed by atoms with van der Waals surface area (Å²) in [6.45, 7) is 1.39. The van der Waals surface area contributed by atoms with Crippen molar-refractivity contribution in [2.75, 3.05) is 14.2 Å². The molecule has 15 heavy (non-hydrogen) atoms. The maximum Gasteiger partial charge on any atom is 0.255 e. The number of phenolic OH excluding ortho intramolecular Hbond substituents is 1. The number of ether oxygens (including phenoxy) is 2. The van der Waals surface area contributed by atoms with E-state index in [0.717, 1.165) is 0 Å². The van der Waals surface area contributed by atoms with Gasteiger partial charge in [0.25, 0.3) is 5.79 Å². The first-order valence-corrected chi connectivity index (χ1v) is 4.47. The third-order valence-corrected chi connectivity index (χ3v) is 2.29. The first-order chi connectivity index (χ1) is 7.06. The van der Waals surface area contributed by atoms with Gasteiger partial charge in [0.2, 0.25) is 0 Å². The number of ketones is 1. The van der Waals surface area contributed by atoms with Crippen LogP contribution >= 0.6 is 0 Å². The van der Waals surface area contributed by atoms with Crippen LogP contribution in [-0.4, -0.2) is 25.1 Å². The minimum Gasteiger partial charge on any atom is -0.508 e. The third kappa shape index (κ3) is 2.00. The number of hydrogen-bond donors (Lipinski definition) is 1. The van der Waals surface area contributed by atoms with Crippen LogP contribution in [-0.2, 0) is 20.1 Å². The van der Waals surface area contributed by atoms with Crippen molar-refractivity contribution >= 4 is 5.78 Å². The lowest BCUT2D eigenvalue weighted by Crippen LogP contribution is -2.38. The van der Waals surface area contributed by atoms with Crippen molar-refractivity contribution in [3.63, 3.8) is 0 Å². The van der Waals surface area contributed by atoms with E-state index in [-0.39, 0.29) is 11.5 Å². The Morgan fingerprint density at radius 3 is 2.00 bits per heavy atom. The summed E-state index contributed by atoms with van der Waals surface area (Å²) < 4.78 is 10.2. The highest BCUT2D eigenvalue weighted by Crippen LogP contribution is 2.28. The minimum atomic E-state index is -1.38. The number of rotatable bonds is 4. The van der Waals surface area contributed by atoms with Crippen LogP contribution in [0.3, 0.4) is 0 Å². The molecule has 0 heterocycles. The van der Waals surface area contributed by atoms with E-state index in [4.69, 9.17) is 14.6 Å². The van der Waals surface area contributed by atoms with Crippen LogP contribution in [0.4, 0.5) is 0 Å². The average Bonchev–Trinajstić information content (AvgIpc) is 2.22. The van der Waals surface area contributed by atoms with Crippen LogP contribution < -0.4 is 0 Å². The van der Waals surface area contributed by atoms with Crippen LogP contribution in [0, 0.1) is 0 Å². The van der Waals surface area contributed by atoms with Gasteiger partial charge in [0.05, 0.1) is 0 Å². The molecule has 1 N–H and O–H groups in total. The summed E-state index contributed by atoms with van der Waals surface area (Å²) in [5.74, 6) is -1.50. The number of hydrogen-bond acceptors (Lipinski definition) is 4. The minimum absolute atomic E-state index is 0.128. The molecule has 4 heteroatoms. The molecular weight excluding hydrogens is 196 g/mol. The second-order valence-corrected chi connectivity index (χ2v) is 3.13. The molecule has 82 valence electrons. The SMILES string of the molecule is COC(OC)(C(C)=O)c1ccc(O)cc1. The smallest absolute Gasteiger partial charge is 0.255 e. The summed E-state index contributed by atoms with van der Waals surface area (Å²) in [7, 11) is 2.80. The standard InChI is InChI=1S/C11H14O4/c1-8(12)11(14-2,15-3)9-4-6-10(13)7-5-9/h4-7,13H,1-3H3. The Bertz CT molecular complexity index is 338. The molecule has 1 rings (SSSR count). The zero-order valence-corrected chi connectivity index (χ0v) is 8.98. The maximum absolute atomic E-state index is 11.5. The highest BCUT2D eigenvalue weighted by molar-refractivity contribution is 5.84. The summed E-state index contributed by atoms with van der Waals surface area (Å²) in [6.07, 6.45) is 0. The van der Waals surface area contributed by atoms with E-state index < -0.39 is 5.79 Å². The summed E-state index contributed by atoms with van der Waals surface area (Å²) in [5.41, 5.74) is 0.554. The number of carbonyl (C=O) groups excluding carboxylic acids is 1. The van der Waals surface area contributed by atoms with Gasteiger partial charge in [-0.2, -0.15) is 0 Å². The Morgan fingerprint density at radius 2 is 1.67 bits per heavy atom. The number of methoxy groups -OCH3 is 2. The molecule has 0 bridgehead atoms. The molecule has 4 nitrogen and oxygen atoms in total. The Balaban J connectivity index is 3.20. The molecule has 0 amide bonds. The van der Waals surface area contributed by atoms with Gasteiger partial charge in [0, 0.05) is 26.7 Å². The van der Waals surface area contributed by atoms with Crippen LogP contribution in [0.2, 0.25) is 0 Å². The van der Waals surface area contributed by atoms with E-state index in [2.05, 4.69) is 0 Å². The van der Waals surface area contributed by atoms with Gasteiger partial charge in [-0.15, -0.1) is 0 Å². The van der Waals surface area contributed by atoms with E-state index in [0.29, 0.717) is 5.56 Å². The molecule has 0 radical (unpaired) electrons. The van der Waals surface area contributed by atoms with E-state index in [1.54, 1.807) is 12.1 Å². The maximum atomic E-state index is 11.5. The monoisotopic (exact) mass is 210 g/mol. The zero-order chi connectivity index (χ0) is 11.5. The molecule has 0 saturated carbocycles. The summed E-state index contributed by atoms with van der Waals surface area (Å²) in [5, 5.41) is 9.14. The number of phenols is 1. The zero-order valence-electron chi connectivity index (χ0n) is 8.98. The molecule has 0 atom stereocenters. The van der Waals surface area contributed by atoms with Crippen LogP contribution in [0.25, 0.3) is 0 Å². The third-order valence-electron chi connectivity index (χ3n) is 2.29. The number of carbonyl (C=O) groups is 1. The summed E-state index contributed by atoms with van der Waals surface area (Å²) in [6, 6.07) is 6.13. The first kappa shape index (κ1) is 11.7. The van der Waals surface area contributed by atoms with Gasteiger partial charge in [-0.3, -0.25) is 4.79 Å². The second kappa shape index (κ2) is 4.42. The molecule has 0 aliphatic rings. The van der Waals surface area contributed by atoms with Crippen molar-refractivity contribution in [3.05, 3.63) is 29.8 Å². The number of aromatic hydroxyl groups is 1. The Labute approximate surface area is 88.4 Å². The van der Waals surface area contributed by atoms with Gasteiger partial charge in [0.1, 0.15) is 5.75 Å². The number of benzene rings is 1. The van der Waals surface area contributed by atoms with Crippen molar-refractivity contribution in [1.82, 2.24) is 0 Å². The lowest BCUT2D eigenvalue weighted by molar-refractivity contribution is -0.211. The molecule has 0 saturated heterocycles. The fourth-order valence-electron chi connectivity index (χ4n) is 1.49. The summed E-state index contributed by atoms with van der Waals surface area (Å²) >= 11 is 0. The molecule has 0 unspecified atom stereocenters. The predicted molar refractivity (Wildman–Crippen MR) is 54.5 cm³/mol. The van der Waals surface area contributed by atoms with Gasteiger partial charge in [-0.05, 0) is 24.3 Å². The number of Topliss-reactive ketones (excluding diaryl/α,β-unsaturated/α-hetero) is 1. The fraction of sp³-hybridized carbons (Fsp3) is 0.364. The Kier molecular flexibility index (Phi) is 3.44. The Hall–Kier alpha value is -1.39. The van der Waals surface area contributed by atoms with Crippen molar-refractivity contribution < 1.29 is 19.4 Å². The van der Waals surface area contributed by atoms with E-state index >= 15 is 0 Å². The summed E-state index contributed by atoms with van der Waals surface area (Å²) in [4.78, 5) is 11.5. The molecule has 1 aromatic carbocycles. The molecule has 0 aliphatic heterocycles. The van der Waals surface area contributed by atoms with Crippen molar-refractivity contribution in [2.24, 2.45) is 0 Å². The van der Waals surface area contributed by atoms with Gasteiger partial charge >= 0.3 is 0 Å². The quantitative estimate of drug-likeness (QED) is 0.764. The second-order valence-electron chi connectivity index (χ2n) is 3.13. The highest BCUT2D eigenvalue weighted by atomic mass is 16.7. The highest BCUT2D eigenvalue weighted by Gasteiger charge is 2.37. The van der Waals surface area contributed by atoms with Crippen molar-refractivity contribution in [1.29, 1.82) is 0 Å². The largest absolute Gasteiger partial charge is 0.508 e. The lowest BCUT2D eigenvalue weighted by atomic mass is 10.0. The van der Waals surface area contributed by atoms with E-state index in [9.17, 15) is 4.79 Å². The molecule has 0 aromatic heterocycles. The molecule has 0 aliphatic carbocycles. The van der Waals surface area contributed by atoms with Gasteiger partial charge in [0.15, 0.2) is 5.78 Å². The van der Waals surface area contributed by atoms with Crippen molar-refractivity contribution in [2.45, 2.75) is 12.7 Å². The Morgan fingerprint density at radius 1 is 1.20 bits per heavy atom. The van der Waals surface area contributed by atoms with Crippen molar-refractivity contribution in [3.8, 4) is 5.75 Å². The van der Waals surface area contributed by atoms with Crippen LogP contribution in [0.1, 0.15) is 12.5 Å². The lowest BCUT2D eigenvalue weighted by Gasteiger charge is -2.28. The van der Waals surface area contributed by atoms with Gasteiger partial charge in [-0.25, -0.2) is 0 Å². The topological polar surface area (TPSA) is 55.8 Å². The average molecular weight is 210 g/mol. The fourth-order valence-corrected chi connectivity index (χ4v) is 1.49. The predicted octanol–water partition coefficient (Wildman–Crippen LogP) is 1.43. The van der Waals surface area contributed by atoms with Crippen LogP contribution in [0.15, 0.2) is 24.3 Å². The molecular formula is C11H14O4. The first-order valence-electron chi connectivity index (χ1n) is 4.47. The molecule has 1 aromatic rings. The van der Waals surface area contributed by atoms with Crippen LogP contribution in [0.5, 0.6) is 5.75 Å². The molecule has 0 spiro atoms. The van der Waals surface area contributed by atoms with Gasteiger partial charge in [-0.1, -0.05) is 0 Å². The van der Waals surface area contributed by atoms with Gasteiger partial charge < -0.3 is 14.6 Å². The molecule has 0 fully saturated rings. The van der Waals surface area contributed by atoms with E-state index in [1.165, 1.54) is 33.3 Å². The normalized spacial score (nSPS) is 11.4.